The molecule has 0 amide bonds. The average Bonchev–Trinajstić information content (AvgIpc) is 2.52. The summed E-state index contributed by atoms with van der Waals surface area (Å²) in [6.45, 7) is 2.90. The summed E-state index contributed by atoms with van der Waals surface area (Å²) >= 11 is 5.67. The molecule has 0 spiro atoms. The minimum absolute atomic E-state index is 0.108. The van der Waals surface area contributed by atoms with Crippen molar-refractivity contribution in [2.45, 2.75) is 50.0 Å². The molecule has 0 saturated carbocycles. The van der Waals surface area contributed by atoms with Crippen LogP contribution in [-0.2, 0) is 11.0 Å². The zero-order valence-electron chi connectivity index (χ0n) is 12.5. The number of benzene rings is 1. The fourth-order valence-electron chi connectivity index (χ4n) is 2.38. The lowest BCUT2D eigenvalue weighted by molar-refractivity contribution is 0.314. The van der Waals surface area contributed by atoms with Crippen molar-refractivity contribution in [3.63, 3.8) is 0 Å². The zero-order chi connectivity index (χ0) is 15.1. The van der Waals surface area contributed by atoms with Crippen LogP contribution in [0.2, 0.25) is 0 Å². The standard InChI is InChI=1S/C17H22ClNOS/c1-15-9-11-17(12-10-15)21(20)19-14-6-4-8-16(19)7-3-2-5-13-18/h9-12,16H,2,4-6,8,13-14H2,1H3/t16-,21?/m1/s1. The van der Waals surface area contributed by atoms with E-state index in [2.05, 4.69) is 11.8 Å². The first-order chi connectivity index (χ1) is 10.2. The largest absolute Gasteiger partial charge is 0.237 e. The van der Waals surface area contributed by atoms with Crippen LogP contribution in [0.1, 0.15) is 37.7 Å². The number of hydrogen-bond donors (Lipinski definition) is 0. The number of nitrogens with zero attached hydrogens (tertiary/aromatic N) is 1. The van der Waals surface area contributed by atoms with Gasteiger partial charge in [-0.1, -0.05) is 23.6 Å². The maximum absolute atomic E-state index is 12.8. The van der Waals surface area contributed by atoms with Gasteiger partial charge in [0.25, 0.3) is 0 Å². The summed E-state index contributed by atoms with van der Waals surface area (Å²) in [5, 5.41) is 0. The Morgan fingerprint density at radius 3 is 2.81 bits per heavy atom. The van der Waals surface area contributed by atoms with Gasteiger partial charge < -0.3 is 0 Å². The number of alkyl halides is 1. The summed E-state index contributed by atoms with van der Waals surface area (Å²) in [5.74, 6) is 7.13. The third kappa shape index (κ3) is 4.85. The summed E-state index contributed by atoms with van der Waals surface area (Å²) in [6, 6.07) is 8.04. The Kier molecular flexibility index (Phi) is 6.76. The molecule has 1 fully saturated rings. The highest BCUT2D eigenvalue weighted by atomic mass is 35.5. The molecule has 21 heavy (non-hydrogen) atoms. The van der Waals surface area contributed by atoms with Gasteiger partial charge in [-0.3, -0.25) is 0 Å². The molecule has 1 heterocycles. The Morgan fingerprint density at radius 1 is 1.33 bits per heavy atom. The maximum atomic E-state index is 12.8. The number of halogens is 1. The third-order valence-corrected chi connectivity index (χ3v) is 5.40. The van der Waals surface area contributed by atoms with Crippen molar-refractivity contribution in [2.24, 2.45) is 0 Å². The van der Waals surface area contributed by atoms with Crippen molar-refractivity contribution >= 4 is 22.6 Å². The van der Waals surface area contributed by atoms with Crippen LogP contribution in [0.25, 0.3) is 0 Å². The molecule has 1 aliphatic rings. The van der Waals surface area contributed by atoms with E-state index in [-0.39, 0.29) is 6.04 Å². The molecule has 1 aromatic rings. The lowest BCUT2D eigenvalue weighted by Crippen LogP contribution is -2.39. The van der Waals surface area contributed by atoms with E-state index in [0.29, 0.717) is 5.88 Å². The van der Waals surface area contributed by atoms with Crippen molar-refractivity contribution in [1.82, 2.24) is 4.31 Å². The molecular formula is C17H22ClNOS. The molecular weight excluding hydrogens is 302 g/mol. The van der Waals surface area contributed by atoms with Gasteiger partial charge >= 0.3 is 0 Å². The smallest absolute Gasteiger partial charge is 0.128 e. The van der Waals surface area contributed by atoms with Gasteiger partial charge in [-0.05, 0) is 44.7 Å². The minimum Gasteiger partial charge on any atom is -0.237 e. The number of hydrogen-bond acceptors (Lipinski definition) is 1. The van der Waals surface area contributed by atoms with Crippen molar-refractivity contribution < 1.29 is 4.21 Å². The monoisotopic (exact) mass is 323 g/mol. The SMILES string of the molecule is Cc1ccc(S(=O)N2CCCC[C@H]2C#CCCCCl)cc1. The van der Waals surface area contributed by atoms with Gasteiger partial charge in [0.2, 0.25) is 0 Å². The van der Waals surface area contributed by atoms with Crippen LogP contribution in [0.5, 0.6) is 0 Å². The number of unbranched alkanes of at least 4 members (excludes halogenated alkanes) is 1. The first-order valence-corrected chi connectivity index (χ1v) is 9.16. The first-order valence-electron chi connectivity index (χ1n) is 7.52. The lowest BCUT2D eigenvalue weighted by atomic mass is 10.1. The van der Waals surface area contributed by atoms with E-state index in [0.717, 1.165) is 43.5 Å². The van der Waals surface area contributed by atoms with Crippen LogP contribution < -0.4 is 0 Å². The molecule has 2 rings (SSSR count). The van der Waals surface area contributed by atoms with Crippen molar-refractivity contribution in [2.75, 3.05) is 12.4 Å². The van der Waals surface area contributed by atoms with E-state index in [9.17, 15) is 4.21 Å². The fourth-order valence-corrected chi connectivity index (χ4v) is 3.84. The maximum Gasteiger partial charge on any atom is 0.128 e. The highest BCUT2D eigenvalue weighted by molar-refractivity contribution is 7.82. The predicted molar refractivity (Wildman–Crippen MR) is 89.7 cm³/mol. The Labute approximate surface area is 135 Å². The van der Waals surface area contributed by atoms with Gasteiger partial charge in [0.1, 0.15) is 11.0 Å². The van der Waals surface area contributed by atoms with Gasteiger partial charge in [0.15, 0.2) is 0 Å². The Bertz CT molecular complexity index is 532. The molecule has 0 aliphatic carbocycles. The van der Waals surface area contributed by atoms with Gasteiger partial charge in [0.05, 0.1) is 10.9 Å². The molecule has 1 aliphatic heterocycles. The van der Waals surface area contributed by atoms with Crippen LogP contribution in [-0.4, -0.2) is 27.0 Å². The van der Waals surface area contributed by atoms with Gasteiger partial charge in [-0.25, -0.2) is 8.51 Å². The molecule has 1 aromatic carbocycles. The summed E-state index contributed by atoms with van der Waals surface area (Å²) in [6.07, 6.45) is 5.01. The van der Waals surface area contributed by atoms with E-state index in [1.165, 1.54) is 5.56 Å². The highest BCUT2D eigenvalue weighted by Gasteiger charge is 2.26. The Balaban J connectivity index is 2.08. The molecule has 0 radical (unpaired) electrons. The normalized spacial score (nSPS) is 20.6. The summed E-state index contributed by atoms with van der Waals surface area (Å²) in [4.78, 5) is 0.870. The van der Waals surface area contributed by atoms with Crippen molar-refractivity contribution in [3.05, 3.63) is 29.8 Å². The van der Waals surface area contributed by atoms with E-state index in [1.807, 2.05) is 35.5 Å². The van der Waals surface area contributed by atoms with Crippen LogP contribution in [0, 0.1) is 18.8 Å². The van der Waals surface area contributed by atoms with Crippen molar-refractivity contribution in [1.29, 1.82) is 0 Å². The Hall–Kier alpha value is -0.820. The average molecular weight is 324 g/mol. The van der Waals surface area contributed by atoms with Gasteiger partial charge in [-0.2, -0.15) is 0 Å². The second kappa shape index (κ2) is 8.58. The molecule has 0 bridgehead atoms. The second-order valence-electron chi connectivity index (χ2n) is 5.33. The zero-order valence-corrected chi connectivity index (χ0v) is 14.1. The van der Waals surface area contributed by atoms with E-state index < -0.39 is 11.0 Å². The van der Waals surface area contributed by atoms with Crippen molar-refractivity contribution in [3.8, 4) is 11.8 Å². The first kappa shape index (κ1) is 16.5. The summed E-state index contributed by atoms with van der Waals surface area (Å²) < 4.78 is 14.8. The van der Waals surface area contributed by atoms with Crippen LogP contribution in [0.4, 0.5) is 0 Å². The topological polar surface area (TPSA) is 20.3 Å². The summed E-state index contributed by atoms with van der Waals surface area (Å²) in [5.41, 5.74) is 1.19. The number of piperidine rings is 1. The molecule has 1 unspecified atom stereocenters. The van der Waals surface area contributed by atoms with Gasteiger partial charge in [0, 0.05) is 18.8 Å². The molecule has 2 nitrogen and oxygen atoms in total. The number of rotatable bonds is 4. The summed E-state index contributed by atoms with van der Waals surface area (Å²) in [7, 11) is -1.11. The fraction of sp³-hybridized carbons (Fsp3) is 0.529. The third-order valence-electron chi connectivity index (χ3n) is 3.59. The van der Waals surface area contributed by atoms with E-state index in [1.54, 1.807) is 0 Å². The lowest BCUT2D eigenvalue weighted by Gasteiger charge is -2.31. The molecule has 2 atom stereocenters. The predicted octanol–water partition coefficient (Wildman–Crippen LogP) is 3.89. The van der Waals surface area contributed by atoms with Gasteiger partial charge in [-0.15, -0.1) is 17.5 Å². The Morgan fingerprint density at radius 2 is 2.10 bits per heavy atom. The highest BCUT2D eigenvalue weighted by Crippen LogP contribution is 2.22. The minimum atomic E-state index is -1.11. The van der Waals surface area contributed by atoms with Crippen LogP contribution in [0.15, 0.2) is 29.2 Å². The van der Waals surface area contributed by atoms with E-state index in [4.69, 9.17) is 11.6 Å². The van der Waals surface area contributed by atoms with E-state index >= 15 is 0 Å². The molecule has 114 valence electrons. The molecule has 0 N–H and O–H groups in total. The quantitative estimate of drug-likeness (QED) is 0.467. The molecule has 1 saturated heterocycles. The van der Waals surface area contributed by atoms with Crippen LogP contribution >= 0.6 is 11.6 Å². The van der Waals surface area contributed by atoms with Crippen LogP contribution in [0.3, 0.4) is 0 Å². The molecule has 4 heteroatoms. The molecule has 0 aromatic heterocycles. The number of aryl methyl sites for hydroxylation is 1. The second-order valence-corrected chi connectivity index (χ2v) is 7.14.